The second kappa shape index (κ2) is 4.94. The molecule has 0 saturated heterocycles. The lowest BCUT2D eigenvalue weighted by Crippen LogP contribution is -2.17. The molecule has 0 aliphatic carbocycles. The summed E-state index contributed by atoms with van der Waals surface area (Å²) in [5.41, 5.74) is 1.22. The first kappa shape index (κ1) is 12.8. The third-order valence-electron chi connectivity index (χ3n) is 2.57. The lowest BCUT2D eigenvalue weighted by molar-refractivity contribution is -0.137. The van der Waals surface area contributed by atoms with Gasteiger partial charge in [0.05, 0.1) is 6.61 Å². The van der Waals surface area contributed by atoms with E-state index in [2.05, 4.69) is 20.7 Å². The number of ether oxygens (including phenoxy) is 1. The standard InChI is InChI=1S/C13H11BrO4/c1-3-17-13(16)11(15)12-7(2)9-6-8(14)4-5-10(9)18-12/h4-6H,3H2,1-2H3. The third kappa shape index (κ3) is 2.18. The molecule has 1 aromatic carbocycles. The van der Waals surface area contributed by atoms with Crippen LogP contribution in [0.1, 0.15) is 23.0 Å². The van der Waals surface area contributed by atoms with Gasteiger partial charge in [0.2, 0.25) is 0 Å². The monoisotopic (exact) mass is 310 g/mol. The Morgan fingerprint density at radius 2 is 2.11 bits per heavy atom. The van der Waals surface area contributed by atoms with E-state index in [-0.39, 0.29) is 12.4 Å². The minimum atomic E-state index is -0.890. The minimum Gasteiger partial charge on any atom is -0.460 e. The Morgan fingerprint density at radius 3 is 2.78 bits per heavy atom. The molecule has 0 unspecified atom stereocenters. The van der Waals surface area contributed by atoms with Crippen molar-refractivity contribution in [2.45, 2.75) is 13.8 Å². The number of benzene rings is 1. The Morgan fingerprint density at radius 1 is 1.39 bits per heavy atom. The minimum absolute atomic E-state index is 0.0431. The lowest BCUT2D eigenvalue weighted by Gasteiger charge is -1.98. The van der Waals surface area contributed by atoms with E-state index >= 15 is 0 Å². The zero-order chi connectivity index (χ0) is 13.3. The van der Waals surface area contributed by atoms with Crippen LogP contribution in [-0.2, 0) is 9.53 Å². The van der Waals surface area contributed by atoms with E-state index < -0.39 is 11.8 Å². The molecule has 2 rings (SSSR count). The normalized spacial score (nSPS) is 10.6. The molecule has 4 nitrogen and oxygen atoms in total. The number of rotatable bonds is 3. The largest absolute Gasteiger partial charge is 0.460 e. The average molecular weight is 311 g/mol. The number of fused-ring (bicyclic) bond motifs is 1. The molecule has 2 aromatic rings. The fourth-order valence-corrected chi connectivity index (χ4v) is 2.06. The number of ketones is 1. The first-order chi connectivity index (χ1) is 8.54. The van der Waals surface area contributed by atoms with Crippen molar-refractivity contribution in [3.8, 4) is 0 Å². The highest BCUT2D eigenvalue weighted by molar-refractivity contribution is 9.10. The number of carbonyl (C=O) groups excluding carboxylic acids is 2. The Bertz CT molecular complexity index is 627. The van der Waals surface area contributed by atoms with Crippen LogP contribution in [0.5, 0.6) is 0 Å². The number of furan rings is 1. The molecule has 0 fully saturated rings. The molecule has 0 atom stereocenters. The number of esters is 1. The maximum Gasteiger partial charge on any atom is 0.383 e. The second-order valence-electron chi connectivity index (χ2n) is 3.75. The Labute approximate surface area is 112 Å². The molecule has 0 amide bonds. The van der Waals surface area contributed by atoms with Crippen LogP contribution in [-0.4, -0.2) is 18.4 Å². The highest BCUT2D eigenvalue weighted by Gasteiger charge is 2.25. The second-order valence-corrected chi connectivity index (χ2v) is 4.66. The summed E-state index contributed by atoms with van der Waals surface area (Å²) in [6.07, 6.45) is 0. The fraction of sp³-hybridized carbons (Fsp3) is 0.231. The molecule has 0 aliphatic heterocycles. The van der Waals surface area contributed by atoms with Crippen molar-refractivity contribution < 1.29 is 18.7 Å². The van der Waals surface area contributed by atoms with Crippen LogP contribution in [0.4, 0.5) is 0 Å². The van der Waals surface area contributed by atoms with Crippen molar-refractivity contribution in [3.05, 3.63) is 34.0 Å². The predicted molar refractivity (Wildman–Crippen MR) is 69.6 cm³/mol. The molecule has 1 aromatic heterocycles. The Kier molecular flexibility index (Phi) is 3.52. The van der Waals surface area contributed by atoms with Gasteiger partial charge in [-0.25, -0.2) is 4.79 Å². The van der Waals surface area contributed by atoms with Crippen molar-refractivity contribution in [2.75, 3.05) is 6.61 Å². The summed E-state index contributed by atoms with van der Waals surface area (Å²) < 4.78 is 11.0. The Hall–Kier alpha value is -1.62. The topological polar surface area (TPSA) is 56.5 Å². The van der Waals surface area contributed by atoms with Gasteiger partial charge in [-0.05, 0) is 32.0 Å². The molecular weight excluding hydrogens is 300 g/mol. The van der Waals surface area contributed by atoms with Gasteiger partial charge in [-0.15, -0.1) is 0 Å². The fourth-order valence-electron chi connectivity index (χ4n) is 1.70. The van der Waals surface area contributed by atoms with E-state index in [0.29, 0.717) is 11.1 Å². The smallest absolute Gasteiger partial charge is 0.383 e. The van der Waals surface area contributed by atoms with Crippen LogP contribution in [0.3, 0.4) is 0 Å². The van der Waals surface area contributed by atoms with Crippen molar-refractivity contribution >= 4 is 38.7 Å². The van der Waals surface area contributed by atoms with Crippen LogP contribution in [0, 0.1) is 6.92 Å². The molecule has 5 heteroatoms. The van der Waals surface area contributed by atoms with E-state index in [4.69, 9.17) is 4.42 Å². The van der Waals surface area contributed by atoms with E-state index in [1.165, 1.54) is 0 Å². The summed E-state index contributed by atoms with van der Waals surface area (Å²) in [6.45, 7) is 3.55. The van der Waals surface area contributed by atoms with Crippen LogP contribution in [0.2, 0.25) is 0 Å². The zero-order valence-electron chi connectivity index (χ0n) is 9.95. The van der Waals surface area contributed by atoms with Gasteiger partial charge >= 0.3 is 11.8 Å². The summed E-state index contributed by atoms with van der Waals surface area (Å²) in [6, 6.07) is 5.40. The molecule has 94 valence electrons. The maximum atomic E-state index is 11.8. The quantitative estimate of drug-likeness (QED) is 0.496. The zero-order valence-corrected chi connectivity index (χ0v) is 11.5. The number of Topliss-reactive ketones (excluding diaryl/α,β-unsaturated/α-hetero) is 1. The molecule has 0 spiro atoms. The first-order valence-electron chi connectivity index (χ1n) is 5.44. The van der Waals surface area contributed by atoms with Crippen LogP contribution >= 0.6 is 15.9 Å². The van der Waals surface area contributed by atoms with Crippen LogP contribution < -0.4 is 0 Å². The van der Waals surface area contributed by atoms with Gasteiger partial charge in [0, 0.05) is 15.4 Å². The van der Waals surface area contributed by atoms with E-state index in [1.807, 2.05) is 12.1 Å². The molecule has 0 aliphatic rings. The van der Waals surface area contributed by atoms with Gasteiger partial charge < -0.3 is 9.15 Å². The summed E-state index contributed by atoms with van der Waals surface area (Å²) in [5.74, 6) is -1.60. The highest BCUT2D eigenvalue weighted by atomic mass is 79.9. The average Bonchev–Trinajstić information content (AvgIpc) is 2.66. The summed E-state index contributed by atoms with van der Waals surface area (Å²) >= 11 is 3.35. The Balaban J connectivity index is 2.49. The number of carbonyl (C=O) groups is 2. The molecule has 1 heterocycles. The van der Waals surface area contributed by atoms with Crippen LogP contribution in [0.25, 0.3) is 11.0 Å². The number of halogens is 1. The summed E-state index contributed by atoms with van der Waals surface area (Å²) in [4.78, 5) is 23.2. The third-order valence-corrected chi connectivity index (χ3v) is 3.06. The van der Waals surface area contributed by atoms with Gasteiger partial charge in [-0.1, -0.05) is 15.9 Å². The molecule has 0 N–H and O–H groups in total. The van der Waals surface area contributed by atoms with Crippen molar-refractivity contribution in [3.63, 3.8) is 0 Å². The highest BCUT2D eigenvalue weighted by Crippen LogP contribution is 2.28. The van der Waals surface area contributed by atoms with E-state index in [1.54, 1.807) is 19.9 Å². The van der Waals surface area contributed by atoms with Gasteiger partial charge in [0.25, 0.3) is 0 Å². The molecule has 0 saturated carbocycles. The van der Waals surface area contributed by atoms with Gasteiger partial charge in [0.15, 0.2) is 5.76 Å². The van der Waals surface area contributed by atoms with Crippen molar-refractivity contribution in [2.24, 2.45) is 0 Å². The lowest BCUT2D eigenvalue weighted by atomic mass is 10.1. The molecule has 18 heavy (non-hydrogen) atoms. The number of hydrogen-bond acceptors (Lipinski definition) is 4. The van der Waals surface area contributed by atoms with Crippen molar-refractivity contribution in [1.82, 2.24) is 0 Å². The number of hydrogen-bond donors (Lipinski definition) is 0. The van der Waals surface area contributed by atoms with Gasteiger partial charge in [0.1, 0.15) is 5.58 Å². The molecular formula is C13H11BrO4. The van der Waals surface area contributed by atoms with E-state index in [9.17, 15) is 9.59 Å². The van der Waals surface area contributed by atoms with Gasteiger partial charge in [-0.3, -0.25) is 4.79 Å². The predicted octanol–water partition coefficient (Wildman–Crippen LogP) is 3.25. The summed E-state index contributed by atoms with van der Waals surface area (Å²) in [7, 11) is 0. The molecule has 0 radical (unpaired) electrons. The first-order valence-corrected chi connectivity index (χ1v) is 6.24. The van der Waals surface area contributed by atoms with Crippen LogP contribution in [0.15, 0.2) is 27.1 Å². The van der Waals surface area contributed by atoms with Crippen molar-refractivity contribution in [1.29, 1.82) is 0 Å². The molecule has 0 bridgehead atoms. The SMILES string of the molecule is CCOC(=O)C(=O)c1oc2ccc(Br)cc2c1C. The van der Waals surface area contributed by atoms with Gasteiger partial charge in [-0.2, -0.15) is 0 Å². The maximum absolute atomic E-state index is 11.8. The van der Waals surface area contributed by atoms with E-state index in [0.717, 1.165) is 9.86 Å². The summed E-state index contributed by atoms with van der Waals surface area (Å²) in [5, 5.41) is 0.803. The number of aryl methyl sites for hydroxylation is 1.